The summed E-state index contributed by atoms with van der Waals surface area (Å²) in [4.78, 5) is 2.36. The molecule has 1 heterocycles. The number of benzene rings is 1. The Morgan fingerprint density at radius 2 is 1.37 bits per heavy atom. The van der Waals surface area contributed by atoms with Crippen molar-refractivity contribution in [2.75, 3.05) is 18.0 Å². The van der Waals surface area contributed by atoms with Gasteiger partial charge in [-0.2, -0.15) is 0 Å². The zero-order valence-electron chi connectivity index (χ0n) is 19.1. The Morgan fingerprint density at radius 1 is 0.926 bits per heavy atom. The van der Waals surface area contributed by atoms with Gasteiger partial charge in [0.1, 0.15) is 18.8 Å². The number of anilines is 1. The minimum absolute atomic E-state index is 0.268. The number of hydrogen-bond donors (Lipinski definition) is 0. The largest absolute Gasteiger partial charge is 0.273 e. The van der Waals surface area contributed by atoms with Gasteiger partial charge in [-0.25, -0.2) is 9.25 Å². The summed E-state index contributed by atoms with van der Waals surface area (Å²) >= 11 is 0. The van der Waals surface area contributed by atoms with Crippen LogP contribution in [0.5, 0.6) is 0 Å². The topological polar surface area (TPSA) is 23.3 Å². The third kappa shape index (κ3) is 3.90. The molecule has 1 aromatic carbocycles. The van der Waals surface area contributed by atoms with E-state index < -0.39 is 7.29 Å². The van der Waals surface area contributed by atoms with Crippen LogP contribution < -0.4 is 4.90 Å². The fraction of sp³-hybridized carbons (Fsp3) is 0.696. The van der Waals surface area contributed by atoms with Crippen LogP contribution in [-0.2, 0) is 4.57 Å². The highest BCUT2D eigenvalue weighted by Gasteiger charge is 2.54. The molecule has 152 valence electrons. The highest BCUT2D eigenvalue weighted by molar-refractivity contribution is 7.61. The Balaban J connectivity index is 2.63. The molecule has 2 rings (SSSR count). The lowest BCUT2D eigenvalue weighted by Gasteiger charge is -2.38. The zero-order chi connectivity index (χ0) is 20.8. The van der Waals surface area contributed by atoms with Crippen molar-refractivity contribution in [2.24, 2.45) is 0 Å². The normalized spacial score (nSPS) is 16.4. The van der Waals surface area contributed by atoms with E-state index in [4.69, 9.17) is 0 Å². The molecule has 0 aliphatic carbocycles. The molecule has 1 aliphatic rings. The first-order valence-corrected chi connectivity index (χ1v) is 12.0. The number of para-hydroxylation sites is 1. The van der Waals surface area contributed by atoms with E-state index in [0.29, 0.717) is 11.8 Å². The molecule has 0 N–H and O–H groups in total. The molecule has 0 aromatic heterocycles. The molecule has 0 spiro atoms. The third-order valence-corrected chi connectivity index (χ3v) is 10.3. The molecule has 0 unspecified atom stereocenters. The maximum atomic E-state index is 14.3. The van der Waals surface area contributed by atoms with Crippen LogP contribution in [0.1, 0.15) is 92.2 Å². The standard InChI is InChI=1S/C23H40N2OP/c1-17(2)19-12-11-13-20(18(3)4)21(19)24-14-15-25(16-24)27(26,22(5,6)7)23(8,9)10/h11-13,16-18H,14-15H2,1-10H3/q+1. The molecule has 27 heavy (non-hydrogen) atoms. The van der Waals surface area contributed by atoms with Gasteiger partial charge in [-0.15, -0.1) is 0 Å². The Morgan fingerprint density at radius 3 is 1.74 bits per heavy atom. The first-order chi connectivity index (χ1) is 12.2. The second-order valence-electron chi connectivity index (χ2n) is 10.5. The van der Waals surface area contributed by atoms with Crippen LogP contribution in [0.15, 0.2) is 18.2 Å². The van der Waals surface area contributed by atoms with Gasteiger partial charge in [-0.05, 0) is 53.4 Å². The average molecular weight is 392 g/mol. The van der Waals surface area contributed by atoms with Crippen molar-refractivity contribution in [1.82, 2.24) is 0 Å². The van der Waals surface area contributed by atoms with Crippen molar-refractivity contribution in [3.05, 3.63) is 29.3 Å². The van der Waals surface area contributed by atoms with Gasteiger partial charge in [0.15, 0.2) is 0 Å². The van der Waals surface area contributed by atoms with Gasteiger partial charge in [-0.1, -0.05) is 45.9 Å². The van der Waals surface area contributed by atoms with Gasteiger partial charge in [0.05, 0.1) is 10.3 Å². The van der Waals surface area contributed by atoms with Crippen LogP contribution in [-0.4, -0.2) is 34.1 Å². The summed E-state index contributed by atoms with van der Waals surface area (Å²) in [5, 5.41) is -0.535. The van der Waals surface area contributed by atoms with Crippen LogP contribution >= 0.6 is 7.29 Å². The second-order valence-corrected chi connectivity index (χ2v) is 14.8. The number of nitrogens with zero attached hydrogens (tertiary/aromatic N) is 2. The Bertz CT molecular complexity index is 719. The molecule has 0 fully saturated rings. The van der Waals surface area contributed by atoms with E-state index >= 15 is 0 Å². The van der Waals surface area contributed by atoms with Crippen LogP contribution in [0.3, 0.4) is 0 Å². The van der Waals surface area contributed by atoms with Crippen molar-refractivity contribution >= 4 is 19.3 Å². The molecular formula is C23H40N2OP+. The van der Waals surface area contributed by atoms with Crippen LogP contribution in [0.4, 0.5) is 5.69 Å². The van der Waals surface area contributed by atoms with E-state index in [1.165, 1.54) is 16.8 Å². The molecule has 0 atom stereocenters. The minimum atomic E-state index is -2.63. The summed E-state index contributed by atoms with van der Waals surface area (Å²) in [5.74, 6) is 0.913. The molecule has 1 aliphatic heterocycles. The minimum Gasteiger partial charge on any atom is -0.273 e. The van der Waals surface area contributed by atoms with Gasteiger partial charge in [0.25, 0.3) is 7.29 Å². The first kappa shape index (κ1) is 22.2. The van der Waals surface area contributed by atoms with Gasteiger partial charge < -0.3 is 0 Å². The fourth-order valence-corrected chi connectivity index (χ4v) is 8.68. The van der Waals surface area contributed by atoms with E-state index in [1.807, 2.05) is 0 Å². The van der Waals surface area contributed by atoms with Crippen LogP contribution in [0.2, 0.25) is 0 Å². The van der Waals surface area contributed by atoms with Gasteiger partial charge in [-0.3, -0.25) is 4.57 Å². The first-order valence-electron chi connectivity index (χ1n) is 10.3. The van der Waals surface area contributed by atoms with Crippen molar-refractivity contribution in [3.63, 3.8) is 0 Å². The molecule has 0 amide bonds. The van der Waals surface area contributed by atoms with Crippen molar-refractivity contribution in [2.45, 2.75) is 91.4 Å². The summed E-state index contributed by atoms with van der Waals surface area (Å²) in [6, 6.07) is 6.67. The van der Waals surface area contributed by atoms with E-state index in [-0.39, 0.29) is 10.3 Å². The lowest BCUT2D eigenvalue weighted by atomic mass is 9.92. The summed E-state index contributed by atoms with van der Waals surface area (Å²) in [6.07, 6.45) is 2.16. The summed E-state index contributed by atoms with van der Waals surface area (Å²) < 4.78 is 16.5. The Labute approximate surface area is 167 Å². The van der Waals surface area contributed by atoms with Crippen molar-refractivity contribution in [1.29, 1.82) is 0 Å². The highest BCUT2D eigenvalue weighted by Crippen LogP contribution is 2.67. The highest BCUT2D eigenvalue weighted by atomic mass is 31.2. The Hall–Kier alpha value is -1.08. The molecule has 0 saturated heterocycles. The summed E-state index contributed by atoms with van der Waals surface area (Å²) in [5.41, 5.74) is 4.07. The third-order valence-electron chi connectivity index (χ3n) is 5.65. The summed E-state index contributed by atoms with van der Waals surface area (Å²) in [6.45, 7) is 23.5. The lowest BCUT2D eigenvalue weighted by Crippen LogP contribution is -2.35. The van der Waals surface area contributed by atoms with E-state index in [9.17, 15) is 4.57 Å². The molecule has 0 radical (unpaired) electrons. The smallest absolute Gasteiger partial charge is 0.257 e. The maximum Gasteiger partial charge on any atom is 0.257 e. The van der Waals surface area contributed by atoms with E-state index in [0.717, 1.165) is 13.1 Å². The lowest BCUT2D eigenvalue weighted by molar-refractivity contribution is -0.362. The summed E-state index contributed by atoms with van der Waals surface area (Å²) in [7, 11) is -2.63. The quantitative estimate of drug-likeness (QED) is 0.535. The van der Waals surface area contributed by atoms with Gasteiger partial charge >= 0.3 is 0 Å². The SMILES string of the molecule is CC(C)c1cccc(C(C)C)c1N1C=[N+](P(=O)(C(C)(C)C)C(C)(C)C)CC1. The van der Waals surface area contributed by atoms with Gasteiger partial charge in [0, 0.05) is 11.1 Å². The Kier molecular flexibility index (Phi) is 6.08. The molecule has 1 aromatic rings. The molecule has 0 saturated carbocycles. The predicted molar refractivity (Wildman–Crippen MR) is 120 cm³/mol. The molecular weight excluding hydrogens is 351 g/mol. The number of rotatable bonds is 4. The fourth-order valence-electron chi connectivity index (χ4n) is 4.49. The molecule has 0 bridgehead atoms. The molecule has 3 nitrogen and oxygen atoms in total. The average Bonchev–Trinajstić information content (AvgIpc) is 3.00. The maximum absolute atomic E-state index is 14.3. The van der Waals surface area contributed by atoms with Crippen molar-refractivity contribution < 1.29 is 8.91 Å². The predicted octanol–water partition coefficient (Wildman–Crippen LogP) is 6.67. The van der Waals surface area contributed by atoms with Gasteiger partial charge in [0.2, 0.25) is 6.34 Å². The van der Waals surface area contributed by atoms with Crippen molar-refractivity contribution in [3.8, 4) is 0 Å². The van der Waals surface area contributed by atoms with Crippen LogP contribution in [0, 0.1) is 0 Å². The second kappa shape index (κ2) is 7.39. The molecule has 4 heteroatoms. The number of hydrogen-bond acceptors (Lipinski definition) is 2. The van der Waals surface area contributed by atoms with E-state index in [2.05, 4.69) is 103 Å². The van der Waals surface area contributed by atoms with E-state index in [1.54, 1.807) is 0 Å². The zero-order valence-corrected chi connectivity index (χ0v) is 20.0. The van der Waals surface area contributed by atoms with Crippen LogP contribution in [0.25, 0.3) is 0 Å². The monoisotopic (exact) mass is 391 g/mol.